The van der Waals surface area contributed by atoms with Crippen molar-refractivity contribution in [2.24, 2.45) is 0 Å². The average molecular weight is 493 g/mol. The first-order valence-electron chi connectivity index (χ1n) is 11.3. The molecule has 3 rings (SSSR count). The number of benzene rings is 2. The Kier molecular flexibility index (Phi) is 8.19. The summed E-state index contributed by atoms with van der Waals surface area (Å²) in [5, 5.41) is -0.0325. The zero-order valence-electron chi connectivity index (χ0n) is 20.4. The molecule has 3 atom stereocenters. The Morgan fingerprint density at radius 1 is 1.03 bits per heavy atom. The van der Waals surface area contributed by atoms with Crippen LogP contribution in [-0.4, -0.2) is 48.3 Å². The lowest BCUT2D eigenvalue weighted by atomic mass is 10.1. The molecule has 0 radical (unpaired) electrons. The van der Waals surface area contributed by atoms with Crippen LogP contribution in [0.4, 0.5) is 0 Å². The maximum absolute atomic E-state index is 13.1. The van der Waals surface area contributed by atoms with Gasteiger partial charge in [0, 0.05) is 0 Å². The van der Waals surface area contributed by atoms with Crippen molar-refractivity contribution in [3.8, 4) is 0 Å². The van der Waals surface area contributed by atoms with Crippen molar-refractivity contribution in [3.05, 3.63) is 65.7 Å². The molecule has 6 nitrogen and oxygen atoms in total. The highest BCUT2D eigenvalue weighted by molar-refractivity contribution is 7.86. The van der Waals surface area contributed by atoms with Crippen LogP contribution in [0.25, 0.3) is 0 Å². The Morgan fingerprint density at radius 3 is 2.27 bits per heavy atom. The van der Waals surface area contributed by atoms with Gasteiger partial charge in [-0.15, -0.1) is 0 Å². The van der Waals surface area contributed by atoms with Crippen LogP contribution in [0.5, 0.6) is 0 Å². The third kappa shape index (κ3) is 6.74. The van der Waals surface area contributed by atoms with Crippen LogP contribution in [0.15, 0.2) is 59.5 Å². The lowest BCUT2D eigenvalue weighted by Crippen LogP contribution is -2.49. The number of ether oxygens (including phenoxy) is 2. The predicted molar refractivity (Wildman–Crippen MR) is 131 cm³/mol. The normalized spacial score (nSPS) is 21.9. The summed E-state index contributed by atoms with van der Waals surface area (Å²) in [6.07, 6.45) is -1.83. The molecule has 2 aromatic carbocycles. The van der Waals surface area contributed by atoms with Crippen molar-refractivity contribution >= 4 is 18.4 Å². The highest BCUT2D eigenvalue weighted by atomic mass is 32.2. The van der Waals surface area contributed by atoms with Gasteiger partial charge in [0.2, 0.25) is 0 Å². The fraction of sp³-hybridized carbons (Fsp3) is 0.520. The van der Waals surface area contributed by atoms with Gasteiger partial charge in [0.1, 0.15) is 12.2 Å². The Balaban J connectivity index is 1.77. The Bertz CT molecular complexity index is 999. The standard InChI is InChI=1S/C25H36O6SSi/c1-19-12-14-21(15-13-19)32(26,27)30-24-22(17-28-16-20-10-8-7-9-11-20)29-18-23(24)31-33(5,6)25(2,3)4/h7-15,22-24H,16-18H2,1-6H3/t22-,23+,24+/m0/s1. The molecule has 33 heavy (non-hydrogen) atoms. The van der Waals surface area contributed by atoms with Crippen LogP contribution in [0.2, 0.25) is 18.1 Å². The molecule has 0 aliphatic carbocycles. The first-order chi connectivity index (χ1) is 15.4. The van der Waals surface area contributed by atoms with Crippen molar-refractivity contribution in [2.45, 2.75) is 75.6 Å². The van der Waals surface area contributed by atoms with E-state index < -0.39 is 36.7 Å². The van der Waals surface area contributed by atoms with E-state index in [0.29, 0.717) is 6.61 Å². The number of hydrogen-bond donors (Lipinski definition) is 0. The Hall–Kier alpha value is -1.55. The van der Waals surface area contributed by atoms with E-state index in [4.69, 9.17) is 18.1 Å². The van der Waals surface area contributed by atoms with Crippen molar-refractivity contribution in [3.63, 3.8) is 0 Å². The van der Waals surface area contributed by atoms with Crippen molar-refractivity contribution < 1.29 is 26.5 Å². The molecule has 1 fully saturated rings. The third-order valence-corrected chi connectivity index (χ3v) is 12.2. The molecule has 182 valence electrons. The molecule has 0 unspecified atom stereocenters. The number of aryl methyl sites for hydroxylation is 1. The van der Waals surface area contributed by atoms with Gasteiger partial charge in [-0.1, -0.05) is 68.8 Å². The lowest BCUT2D eigenvalue weighted by Gasteiger charge is -2.39. The zero-order chi connectivity index (χ0) is 24.3. The third-order valence-electron chi connectivity index (χ3n) is 6.40. The molecular formula is C25H36O6SSi. The van der Waals surface area contributed by atoms with Crippen LogP contribution >= 0.6 is 0 Å². The smallest absolute Gasteiger partial charge is 0.297 e. The van der Waals surface area contributed by atoms with Gasteiger partial charge in [-0.25, -0.2) is 0 Å². The fourth-order valence-electron chi connectivity index (χ4n) is 3.34. The molecule has 1 aliphatic rings. The molecule has 1 aliphatic heterocycles. The summed E-state index contributed by atoms with van der Waals surface area (Å²) in [5.74, 6) is 0. The van der Waals surface area contributed by atoms with Crippen LogP contribution in [0.1, 0.15) is 31.9 Å². The molecule has 0 aromatic heterocycles. The first kappa shape index (κ1) is 26.1. The summed E-state index contributed by atoms with van der Waals surface area (Å²) in [6.45, 7) is 13.5. The van der Waals surface area contributed by atoms with Gasteiger partial charge < -0.3 is 13.9 Å². The summed E-state index contributed by atoms with van der Waals surface area (Å²) >= 11 is 0. The maximum Gasteiger partial charge on any atom is 0.297 e. The first-order valence-corrected chi connectivity index (χ1v) is 15.6. The molecule has 0 amide bonds. The van der Waals surface area contributed by atoms with Crippen LogP contribution in [0.3, 0.4) is 0 Å². The molecule has 0 saturated carbocycles. The molecule has 0 bridgehead atoms. The van der Waals surface area contributed by atoms with Gasteiger partial charge in [0.25, 0.3) is 10.1 Å². The minimum Gasteiger partial charge on any atom is -0.409 e. The second-order valence-corrected chi connectivity index (χ2v) is 16.4. The highest BCUT2D eigenvalue weighted by Crippen LogP contribution is 2.39. The van der Waals surface area contributed by atoms with E-state index in [-0.39, 0.29) is 23.1 Å². The van der Waals surface area contributed by atoms with Crippen LogP contribution < -0.4 is 0 Å². The van der Waals surface area contributed by atoms with Gasteiger partial charge in [0.15, 0.2) is 8.32 Å². The molecule has 8 heteroatoms. The Morgan fingerprint density at radius 2 is 1.67 bits per heavy atom. The average Bonchev–Trinajstić information content (AvgIpc) is 3.08. The summed E-state index contributed by atoms with van der Waals surface area (Å²) in [6, 6.07) is 16.4. The van der Waals surface area contributed by atoms with Crippen molar-refractivity contribution in [1.29, 1.82) is 0 Å². The van der Waals surface area contributed by atoms with Gasteiger partial charge in [0.05, 0.1) is 30.8 Å². The van der Waals surface area contributed by atoms with Gasteiger partial charge in [-0.2, -0.15) is 8.42 Å². The molecule has 0 N–H and O–H groups in total. The van der Waals surface area contributed by atoms with E-state index in [1.165, 1.54) is 0 Å². The SMILES string of the molecule is Cc1ccc(S(=O)(=O)O[C@@H]2[C@H](COCc3ccccc3)OC[C@H]2O[Si](C)(C)C(C)(C)C)cc1. The van der Waals surface area contributed by atoms with E-state index in [2.05, 4.69) is 33.9 Å². The largest absolute Gasteiger partial charge is 0.409 e. The minimum atomic E-state index is -3.99. The van der Waals surface area contributed by atoms with E-state index in [0.717, 1.165) is 11.1 Å². The predicted octanol–water partition coefficient (Wildman–Crippen LogP) is 5.07. The summed E-state index contributed by atoms with van der Waals surface area (Å²) in [7, 11) is -6.18. The molecular weight excluding hydrogens is 456 g/mol. The monoisotopic (exact) mass is 492 g/mol. The van der Waals surface area contributed by atoms with Crippen LogP contribution in [0, 0.1) is 6.92 Å². The van der Waals surface area contributed by atoms with E-state index in [9.17, 15) is 8.42 Å². The zero-order valence-corrected chi connectivity index (χ0v) is 22.2. The highest BCUT2D eigenvalue weighted by Gasteiger charge is 2.47. The molecule has 2 aromatic rings. The van der Waals surface area contributed by atoms with E-state index in [1.807, 2.05) is 37.3 Å². The van der Waals surface area contributed by atoms with Gasteiger partial charge in [-0.3, -0.25) is 4.18 Å². The van der Waals surface area contributed by atoms with Gasteiger partial charge >= 0.3 is 0 Å². The van der Waals surface area contributed by atoms with E-state index >= 15 is 0 Å². The fourth-order valence-corrected chi connectivity index (χ4v) is 5.78. The maximum atomic E-state index is 13.1. The summed E-state index contributed by atoms with van der Waals surface area (Å²) in [5.41, 5.74) is 2.01. The molecule has 1 saturated heterocycles. The molecule has 0 spiro atoms. The summed E-state index contributed by atoms with van der Waals surface area (Å²) in [4.78, 5) is 0.120. The second kappa shape index (κ2) is 10.4. The number of hydrogen-bond acceptors (Lipinski definition) is 6. The van der Waals surface area contributed by atoms with Crippen LogP contribution in [-0.2, 0) is 34.8 Å². The number of rotatable bonds is 9. The Labute approximate surface area is 199 Å². The van der Waals surface area contributed by atoms with Crippen molar-refractivity contribution in [1.82, 2.24) is 0 Å². The lowest BCUT2D eigenvalue weighted by molar-refractivity contribution is -0.0237. The topological polar surface area (TPSA) is 71.1 Å². The van der Waals surface area contributed by atoms with Gasteiger partial charge in [-0.05, 0) is 42.8 Å². The second-order valence-electron chi connectivity index (χ2n) is 10.1. The quantitative estimate of drug-likeness (QED) is 0.359. The minimum absolute atomic E-state index is 0.0325. The summed E-state index contributed by atoms with van der Waals surface area (Å²) < 4.78 is 50.3. The van der Waals surface area contributed by atoms with Crippen molar-refractivity contribution in [2.75, 3.05) is 13.2 Å². The van der Waals surface area contributed by atoms with E-state index in [1.54, 1.807) is 24.3 Å². The molecule has 1 heterocycles.